The van der Waals surface area contributed by atoms with Crippen LogP contribution in [-0.4, -0.2) is 55.0 Å². The lowest BCUT2D eigenvalue weighted by atomic mass is 9.90. The summed E-state index contributed by atoms with van der Waals surface area (Å²) in [5.74, 6) is 0.782. The second-order valence-corrected chi connectivity index (χ2v) is 5.94. The maximum Gasteiger partial charge on any atom is 0.409 e. The molecule has 112 valence electrons. The zero-order chi connectivity index (χ0) is 14.4. The van der Waals surface area contributed by atoms with Crippen LogP contribution >= 0.6 is 0 Å². The number of amides is 1. The molecule has 1 rings (SSSR count). The first-order valence-electron chi connectivity index (χ1n) is 7.18. The molecular weight excluding hydrogens is 244 g/mol. The fourth-order valence-corrected chi connectivity index (χ4v) is 2.49. The van der Waals surface area contributed by atoms with Crippen molar-refractivity contribution < 1.29 is 14.6 Å². The first-order chi connectivity index (χ1) is 8.93. The van der Waals surface area contributed by atoms with Crippen LogP contribution in [0.5, 0.6) is 0 Å². The third-order valence-corrected chi connectivity index (χ3v) is 3.75. The van der Waals surface area contributed by atoms with Crippen LogP contribution in [0.15, 0.2) is 0 Å². The van der Waals surface area contributed by atoms with E-state index in [2.05, 4.69) is 19.2 Å². The van der Waals surface area contributed by atoms with Crippen molar-refractivity contribution >= 4 is 6.09 Å². The fourth-order valence-electron chi connectivity index (χ4n) is 2.49. The lowest BCUT2D eigenvalue weighted by Gasteiger charge is -2.38. The number of nitrogens with zero attached hydrogens (tertiary/aromatic N) is 1. The second-order valence-electron chi connectivity index (χ2n) is 5.94. The quantitative estimate of drug-likeness (QED) is 0.795. The van der Waals surface area contributed by atoms with Crippen LogP contribution in [0.2, 0.25) is 0 Å². The van der Waals surface area contributed by atoms with Crippen LogP contribution in [0.3, 0.4) is 0 Å². The zero-order valence-electron chi connectivity index (χ0n) is 12.6. The second kappa shape index (κ2) is 7.70. The van der Waals surface area contributed by atoms with Crippen molar-refractivity contribution in [1.82, 2.24) is 10.2 Å². The molecule has 5 nitrogen and oxygen atoms in total. The van der Waals surface area contributed by atoms with Crippen molar-refractivity contribution in [3.8, 4) is 0 Å². The minimum absolute atomic E-state index is 0.115. The van der Waals surface area contributed by atoms with E-state index in [4.69, 9.17) is 4.74 Å². The van der Waals surface area contributed by atoms with Crippen molar-refractivity contribution in [2.75, 3.05) is 26.7 Å². The SMILES string of the molecule is COC(=O)N1CC(NCCC(C)C)CC(C(C)O)C1. The molecule has 0 aromatic heterocycles. The first-order valence-corrected chi connectivity index (χ1v) is 7.18. The largest absolute Gasteiger partial charge is 0.453 e. The molecule has 3 atom stereocenters. The van der Waals surface area contributed by atoms with Gasteiger partial charge in [-0.1, -0.05) is 13.8 Å². The van der Waals surface area contributed by atoms with Crippen LogP contribution in [0.4, 0.5) is 4.79 Å². The van der Waals surface area contributed by atoms with Crippen LogP contribution in [0.1, 0.15) is 33.6 Å². The Morgan fingerprint density at radius 1 is 1.42 bits per heavy atom. The van der Waals surface area contributed by atoms with Crippen molar-refractivity contribution in [2.24, 2.45) is 11.8 Å². The molecule has 0 saturated carbocycles. The standard InChI is InChI=1S/C14H28N2O3/c1-10(2)5-6-15-13-7-12(11(3)17)8-16(9-13)14(18)19-4/h10-13,15,17H,5-9H2,1-4H3. The molecule has 1 saturated heterocycles. The number of likely N-dealkylation sites (tertiary alicyclic amines) is 1. The highest BCUT2D eigenvalue weighted by molar-refractivity contribution is 5.67. The fraction of sp³-hybridized carbons (Fsp3) is 0.929. The summed E-state index contributed by atoms with van der Waals surface area (Å²) in [5.41, 5.74) is 0. The Hall–Kier alpha value is -0.810. The molecule has 19 heavy (non-hydrogen) atoms. The van der Waals surface area contributed by atoms with Crippen molar-refractivity contribution in [3.63, 3.8) is 0 Å². The van der Waals surface area contributed by atoms with Gasteiger partial charge in [0.25, 0.3) is 0 Å². The molecule has 1 heterocycles. The summed E-state index contributed by atoms with van der Waals surface area (Å²) in [6, 6.07) is 0.242. The molecule has 5 heteroatoms. The minimum atomic E-state index is -0.401. The van der Waals surface area contributed by atoms with Gasteiger partial charge >= 0.3 is 6.09 Å². The van der Waals surface area contributed by atoms with E-state index in [0.29, 0.717) is 19.0 Å². The molecule has 0 aromatic carbocycles. The van der Waals surface area contributed by atoms with Crippen LogP contribution in [0.25, 0.3) is 0 Å². The van der Waals surface area contributed by atoms with Crippen molar-refractivity contribution in [1.29, 1.82) is 0 Å². The van der Waals surface area contributed by atoms with E-state index in [0.717, 1.165) is 19.4 Å². The highest BCUT2D eigenvalue weighted by Crippen LogP contribution is 2.21. The maximum atomic E-state index is 11.7. The summed E-state index contributed by atoms with van der Waals surface area (Å²) in [6.45, 7) is 8.37. The molecule has 0 aliphatic carbocycles. The van der Waals surface area contributed by atoms with E-state index in [9.17, 15) is 9.90 Å². The number of aliphatic hydroxyl groups is 1. The van der Waals surface area contributed by atoms with Gasteiger partial charge in [0.1, 0.15) is 0 Å². The van der Waals surface area contributed by atoms with E-state index in [-0.39, 0.29) is 18.1 Å². The molecule has 1 aliphatic rings. The molecule has 3 unspecified atom stereocenters. The normalized spacial score (nSPS) is 25.5. The van der Waals surface area contributed by atoms with Gasteiger partial charge in [-0.05, 0) is 32.2 Å². The number of carbonyl (C=O) groups is 1. The predicted molar refractivity (Wildman–Crippen MR) is 75.0 cm³/mol. The number of rotatable bonds is 5. The molecule has 0 bridgehead atoms. The van der Waals surface area contributed by atoms with Gasteiger partial charge in [0.2, 0.25) is 0 Å². The van der Waals surface area contributed by atoms with Crippen LogP contribution < -0.4 is 5.32 Å². The number of ether oxygens (including phenoxy) is 1. The highest BCUT2D eigenvalue weighted by Gasteiger charge is 2.32. The minimum Gasteiger partial charge on any atom is -0.453 e. The summed E-state index contributed by atoms with van der Waals surface area (Å²) < 4.78 is 4.79. The van der Waals surface area contributed by atoms with Gasteiger partial charge in [-0.15, -0.1) is 0 Å². The Bertz CT molecular complexity index is 282. The average Bonchev–Trinajstić information content (AvgIpc) is 2.37. The number of hydrogen-bond acceptors (Lipinski definition) is 4. The number of aliphatic hydroxyl groups excluding tert-OH is 1. The van der Waals surface area contributed by atoms with E-state index in [1.54, 1.807) is 11.8 Å². The van der Waals surface area contributed by atoms with Crippen molar-refractivity contribution in [2.45, 2.75) is 45.8 Å². The summed E-state index contributed by atoms with van der Waals surface area (Å²) in [5, 5.41) is 13.3. The van der Waals surface area contributed by atoms with Crippen LogP contribution in [0, 0.1) is 11.8 Å². The molecule has 1 aliphatic heterocycles. The third kappa shape index (κ3) is 5.37. The van der Waals surface area contributed by atoms with Gasteiger partial charge in [0, 0.05) is 25.0 Å². The van der Waals surface area contributed by atoms with E-state index < -0.39 is 6.10 Å². The Balaban J connectivity index is 2.52. The lowest BCUT2D eigenvalue weighted by Crippen LogP contribution is -2.53. The smallest absolute Gasteiger partial charge is 0.409 e. The van der Waals surface area contributed by atoms with Gasteiger partial charge in [0.05, 0.1) is 13.2 Å². The highest BCUT2D eigenvalue weighted by atomic mass is 16.5. The molecular formula is C14H28N2O3. The number of methoxy groups -OCH3 is 1. The molecule has 0 spiro atoms. The summed E-state index contributed by atoms with van der Waals surface area (Å²) >= 11 is 0. The number of piperidine rings is 1. The van der Waals surface area contributed by atoms with Gasteiger partial charge < -0.3 is 20.1 Å². The van der Waals surface area contributed by atoms with Gasteiger partial charge in [-0.3, -0.25) is 0 Å². The molecule has 2 N–H and O–H groups in total. The molecule has 1 fully saturated rings. The van der Waals surface area contributed by atoms with E-state index in [1.807, 2.05) is 0 Å². The summed E-state index contributed by atoms with van der Waals surface area (Å²) in [4.78, 5) is 13.3. The van der Waals surface area contributed by atoms with E-state index in [1.165, 1.54) is 7.11 Å². The van der Waals surface area contributed by atoms with Gasteiger partial charge in [0.15, 0.2) is 0 Å². The van der Waals surface area contributed by atoms with Crippen molar-refractivity contribution in [3.05, 3.63) is 0 Å². The average molecular weight is 272 g/mol. The molecule has 0 aromatic rings. The monoisotopic (exact) mass is 272 g/mol. The number of carbonyl (C=O) groups excluding carboxylic acids is 1. The number of hydrogen-bond donors (Lipinski definition) is 2. The van der Waals surface area contributed by atoms with Gasteiger partial charge in [-0.2, -0.15) is 0 Å². The Kier molecular flexibility index (Phi) is 6.58. The Morgan fingerprint density at radius 2 is 2.11 bits per heavy atom. The number of nitrogens with one attached hydrogen (secondary N) is 1. The lowest BCUT2D eigenvalue weighted by molar-refractivity contribution is 0.0426. The van der Waals surface area contributed by atoms with Gasteiger partial charge in [-0.25, -0.2) is 4.79 Å². The third-order valence-electron chi connectivity index (χ3n) is 3.75. The Morgan fingerprint density at radius 3 is 2.63 bits per heavy atom. The van der Waals surface area contributed by atoms with E-state index >= 15 is 0 Å². The summed E-state index contributed by atoms with van der Waals surface area (Å²) in [6.07, 6.45) is 1.32. The molecule has 1 amide bonds. The predicted octanol–water partition coefficient (Wildman–Crippen LogP) is 1.46. The summed E-state index contributed by atoms with van der Waals surface area (Å²) in [7, 11) is 1.40. The molecule has 0 radical (unpaired) electrons. The Labute approximate surface area is 116 Å². The van der Waals surface area contributed by atoms with Crippen LogP contribution in [-0.2, 0) is 4.74 Å². The topological polar surface area (TPSA) is 61.8 Å². The first kappa shape index (κ1) is 16.2. The maximum absolute atomic E-state index is 11.7. The zero-order valence-corrected chi connectivity index (χ0v) is 12.6.